The molecule has 1 heterocycles. The van der Waals surface area contributed by atoms with Gasteiger partial charge >= 0.3 is 0 Å². The molecule has 5 heteroatoms. The molecule has 1 aliphatic heterocycles. The maximum atomic E-state index is 12.0. The average molecular weight is 286 g/mol. The number of likely N-dealkylation sites (tertiary alicyclic amines) is 1. The predicted octanol–water partition coefficient (Wildman–Crippen LogP) is 1.52. The van der Waals surface area contributed by atoms with Gasteiger partial charge in [-0.3, -0.25) is 9.69 Å². The Labute approximate surface area is 126 Å². The van der Waals surface area contributed by atoms with Crippen LogP contribution in [0.2, 0.25) is 0 Å². The SMILES string of the molecule is CN(C)C1CCN(CC(=O)Nc2ccc(C#N)cc2)CC1. The molecule has 2 rings (SSSR count). The number of amides is 1. The van der Waals surface area contributed by atoms with Gasteiger partial charge in [0.2, 0.25) is 5.91 Å². The maximum absolute atomic E-state index is 12.0. The third-order valence-electron chi connectivity index (χ3n) is 3.95. The lowest BCUT2D eigenvalue weighted by molar-refractivity contribution is -0.117. The van der Waals surface area contributed by atoms with Crippen molar-refractivity contribution in [3.8, 4) is 6.07 Å². The van der Waals surface area contributed by atoms with Gasteiger partial charge in [-0.15, -0.1) is 0 Å². The minimum Gasteiger partial charge on any atom is -0.325 e. The molecule has 1 aliphatic rings. The van der Waals surface area contributed by atoms with E-state index in [1.807, 2.05) is 0 Å². The number of nitrogens with one attached hydrogen (secondary N) is 1. The van der Waals surface area contributed by atoms with E-state index in [9.17, 15) is 4.79 Å². The zero-order valence-electron chi connectivity index (χ0n) is 12.7. The van der Waals surface area contributed by atoms with Gasteiger partial charge in [0.15, 0.2) is 0 Å². The Hall–Kier alpha value is -1.90. The lowest BCUT2D eigenvalue weighted by Crippen LogP contribution is -2.44. The van der Waals surface area contributed by atoms with Crippen LogP contribution in [0.1, 0.15) is 18.4 Å². The molecule has 0 unspecified atom stereocenters. The number of rotatable bonds is 4. The van der Waals surface area contributed by atoms with Crippen molar-refractivity contribution in [1.82, 2.24) is 9.80 Å². The second kappa shape index (κ2) is 7.21. The number of anilines is 1. The number of hydrogen-bond donors (Lipinski definition) is 1. The van der Waals surface area contributed by atoms with Crippen molar-refractivity contribution >= 4 is 11.6 Å². The second-order valence-electron chi connectivity index (χ2n) is 5.71. The van der Waals surface area contributed by atoms with E-state index in [2.05, 4.69) is 35.3 Å². The van der Waals surface area contributed by atoms with E-state index < -0.39 is 0 Å². The number of carbonyl (C=O) groups is 1. The highest BCUT2D eigenvalue weighted by molar-refractivity contribution is 5.92. The molecule has 0 aliphatic carbocycles. The van der Waals surface area contributed by atoms with Gasteiger partial charge in [-0.05, 0) is 51.2 Å². The van der Waals surface area contributed by atoms with Crippen molar-refractivity contribution in [2.45, 2.75) is 18.9 Å². The lowest BCUT2D eigenvalue weighted by atomic mass is 10.0. The molecule has 0 radical (unpaired) electrons. The minimum absolute atomic E-state index is 0.00279. The summed E-state index contributed by atoms with van der Waals surface area (Å²) in [4.78, 5) is 16.5. The Morgan fingerprint density at radius 1 is 1.33 bits per heavy atom. The van der Waals surface area contributed by atoms with E-state index >= 15 is 0 Å². The fourth-order valence-electron chi connectivity index (χ4n) is 2.63. The normalized spacial score (nSPS) is 16.7. The highest BCUT2D eigenvalue weighted by Crippen LogP contribution is 2.14. The van der Waals surface area contributed by atoms with Crippen molar-refractivity contribution in [2.75, 3.05) is 39.0 Å². The molecule has 0 saturated carbocycles. The first-order valence-corrected chi connectivity index (χ1v) is 7.27. The van der Waals surface area contributed by atoms with Crippen molar-refractivity contribution in [1.29, 1.82) is 5.26 Å². The molecule has 1 aromatic rings. The van der Waals surface area contributed by atoms with Gasteiger partial charge in [-0.25, -0.2) is 0 Å². The van der Waals surface area contributed by atoms with Crippen LogP contribution in [0.3, 0.4) is 0 Å². The maximum Gasteiger partial charge on any atom is 0.238 e. The summed E-state index contributed by atoms with van der Waals surface area (Å²) in [6.45, 7) is 2.35. The fourth-order valence-corrected chi connectivity index (χ4v) is 2.63. The molecule has 112 valence electrons. The quantitative estimate of drug-likeness (QED) is 0.912. The van der Waals surface area contributed by atoms with Crippen LogP contribution in [-0.4, -0.2) is 55.5 Å². The number of nitrogens with zero attached hydrogens (tertiary/aromatic N) is 3. The van der Waals surface area contributed by atoms with Crippen molar-refractivity contribution in [3.05, 3.63) is 29.8 Å². The van der Waals surface area contributed by atoms with E-state index in [1.165, 1.54) is 0 Å². The molecule has 1 N–H and O–H groups in total. The van der Waals surface area contributed by atoms with E-state index in [0.717, 1.165) is 31.6 Å². The summed E-state index contributed by atoms with van der Waals surface area (Å²) in [5.41, 5.74) is 1.33. The summed E-state index contributed by atoms with van der Waals surface area (Å²) < 4.78 is 0. The largest absolute Gasteiger partial charge is 0.325 e. The highest BCUT2D eigenvalue weighted by Gasteiger charge is 2.21. The van der Waals surface area contributed by atoms with Gasteiger partial charge in [0.05, 0.1) is 18.2 Å². The van der Waals surface area contributed by atoms with Crippen LogP contribution < -0.4 is 5.32 Å². The summed E-state index contributed by atoms with van der Waals surface area (Å²) >= 11 is 0. The molecule has 0 aromatic heterocycles. The van der Waals surface area contributed by atoms with Crippen molar-refractivity contribution in [2.24, 2.45) is 0 Å². The van der Waals surface area contributed by atoms with E-state index in [4.69, 9.17) is 5.26 Å². The summed E-state index contributed by atoms with van der Waals surface area (Å²) in [5, 5.41) is 11.6. The summed E-state index contributed by atoms with van der Waals surface area (Å²) in [6, 6.07) is 9.62. The molecule has 1 saturated heterocycles. The van der Waals surface area contributed by atoms with Crippen LogP contribution in [0.25, 0.3) is 0 Å². The molecule has 1 aromatic carbocycles. The third kappa shape index (κ3) is 4.55. The first-order valence-electron chi connectivity index (χ1n) is 7.27. The lowest BCUT2D eigenvalue weighted by Gasteiger charge is -2.34. The molecule has 5 nitrogen and oxygen atoms in total. The number of nitriles is 1. The Morgan fingerprint density at radius 2 is 1.95 bits per heavy atom. The Bertz CT molecular complexity index is 510. The third-order valence-corrected chi connectivity index (χ3v) is 3.95. The van der Waals surface area contributed by atoms with Gasteiger partial charge in [0, 0.05) is 24.8 Å². The van der Waals surface area contributed by atoms with Crippen LogP contribution in [0.5, 0.6) is 0 Å². The molecular formula is C16H22N4O. The van der Waals surface area contributed by atoms with E-state index in [0.29, 0.717) is 18.2 Å². The number of hydrogen-bond acceptors (Lipinski definition) is 4. The molecular weight excluding hydrogens is 264 g/mol. The summed E-state index contributed by atoms with van der Waals surface area (Å²) in [5.74, 6) is 0.00279. The standard InChI is InChI=1S/C16H22N4O/c1-19(2)15-7-9-20(10-8-15)12-16(21)18-14-5-3-13(11-17)4-6-14/h3-6,15H,7-10,12H2,1-2H3,(H,18,21). The molecule has 21 heavy (non-hydrogen) atoms. The van der Waals surface area contributed by atoms with Crippen LogP contribution in [-0.2, 0) is 4.79 Å². The molecule has 1 amide bonds. The number of benzene rings is 1. The smallest absolute Gasteiger partial charge is 0.238 e. The van der Waals surface area contributed by atoms with Crippen LogP contribution in [0.15, 0.2) is 24.3 Å². The Kier molecular flexibility index (Phi) is 5.32. The molecule has 1 fully saturated rings. The van der Waals surface area contributed by atoms with Gasteiger partial charge in [-0.2, -0.15) is 5.26 Å². The van der Waals surface area contributed by atoms with E-state index in [1.54, 1.807) is 24.3 Å². The van der Waals surface area contributed by atoms with Crippen molar-refractivity contribution < 1.29 is 4.79 Å². The van der Waals surface area contributed by atoms with Gasteiger partial charge in [0.25, 0.3) is 0 Å². The van der Waals surface area contributed by atoms with Crippen LogP contribution in [0, 0.1) is 11.3 Å². The van der Waals surface area contributed by atoms with Gasteiger partial charge < -0.3 is 10.2 Å². The second-order valence-corrected chi connectivity index (χ2v) is 5.71. The zero-order valence-corrected chi connectivity index (χ0v) is 12.7. The fraction of sp³-hybridized carbons (Fsp3) is 0.500. The highest BCUT2D eigenvalue weighted by atomic mass is 16.2. The van der Waals surface area contributed by atoms with Gasteiger partial charge in [-0.1, -0.05) is 0 Å². The first kappa shape index (κ1) is 15.5. The summed E-state index contributed by atoms with van der Waals surface area (Å²) in [7, 11) is 4.22. The molecule has 0 bridgehead atoms. The topological polar surface area (TPSA) is 59.4 Å². The monoisotopic (exact) mass is 286 g/mol. The Balaban J connectivity index is 1.78. The van der Waals surface area contributed by atoms with E-state index in [-0.39, 0.29) is 5.91 Å². The number of piperidine rings is 1. The zero-order chi connectivity index (χ0) is 15.2. The molecule has 0 atom stereocenters. The minimum atomic E-state index is 0.00279. The summed E-state index contributed by atoms with van der Waals surface area (Å²) in [6.07, 6.45) is 2.22. The first-order chi connectivity index (χ1) is 10.1. The predicted molar refractivity (Wildman–Crippen MR) is 82.9 cm³/mol. The van der Waals surface area contributed by atoms with Crippen molar-refractivity contribution in [3.63, 3.8) is 0 Å². The van der Waals surface area contributed by atoms with Crippen LogP contribution in [0.4, 0.5) is 5.69 Å². The molecule has 0 spiro atoms. The van der Waals surface area contributed by atoms with Crippen LogP contribution >= 0.6 is 0 Å². The average Bonchev–Trinajstić information content (AvgIpc) is 2.48. The number of carbonyl (C=O) groups excluding carboxylic acids is 1. The Morgan fingerprint density at radius 3 is 2.48 bits per heavy atom. The van der Waals surface area contributed by atoms with Gasteiger partial charge in [0.1, 0.15) is 0 Å².